The molecule has 1 aromatic carbocycles. The first kappa shape index (κ1) is 18.2. The Morgan fingerprint density at radius 3 is 2.79 bits per heavy atom. The van der Waals surface area contributed by atoms with Gasteiger partial charge < -0.3 is 20.2 Å². The molecule has 1 aliphatic carbocycles. The lowest BCUT2D eigenvalue weighted by Gasteiger charge is -2.11. The molecule has 144 valence electrons. The minimum absolute atomic E-state index is 0.247. The fourth-order valence-electron chi connectivity index (χ4n) is 3.36. The number of hydrogen-bond acceptors (Lipinski definition) is 6. The van der Waals surface area contributed by atoms with E-state index in [-0.39, 0.29) is 6.61 Å². The number of nitrogens with two attached hydrogens (primary N) is 1. The summed E-state index contributed by atoms with van der Waals surface area (Å²) in [5, 5.41) is 3.99. The Labute approximate surface area is 164 Å². The summed E-state index contributed by atoms with van der Waals surface area (Å²) < 4.78 is 10.6. The number of rotatable bonds is 5. The van der Waals surface area contributed by atoms with Gasteiger partial charge in [0, 0.05) is 22.4 Å². The molecule has 1 aliphatic rings. The van der Waals surface area contributed by atoms with Gasteiger partial charge in [-0.1, -0.05) is 0 Å². The predicted octanol–water partition coefficient (Wildman–Crippen LogP) is 2.85. The van der Waals surface area contributed by atoms with Crippen molar-refractivity contribution in [2.45, 2.75) is 25.7 Å². The van der Waals surface area contributed by atoms with Crippen molar-refractivity contribution < 1.29 is 18.7 Å². The van der Waals surface area contributed by atoms with Crippen molar-refractivity contribution in [2.75, 3.05) is 11.9 Å². The van der Waals surface area contributed by atoms with Gasteiger partial charge in [-0.25, -0.2) is 4.79 Å². The number of carbonyl (C=O) groups excluding carboxylic acids is 2. The molecule has 0 unspecified atom stereocenters. The molecule has 0 fully saturated rings. The summed E-state index contributed by atoms with van der Waals surface area (Å²) in [4.78, 5) is 36.7. The molecular weight excluding hydrogens is 380 g/mol. The fourth-order valence-corrected chi connectivity index (χ4v) is 4.67. The second-order valence-corrected chi connectivity index (χ2v) is 7.68. The van der Waals surface area contributed by atoms with Crippen molar-refractivity contribution >= 4 is 39.1 Å². The van der Waals surface area contributed by atoms with Gasteiger partial charge in [-0.3, -0.25) is 9.59 Å². The van der Waals surface area contributed by atoms with Crippen LogP contribution in [0.5, 0.6) is 5.75 Å². The van der Waals surface area contributed by atoms with Crippen molar-refractivity contribution in [3.8, 4) is 5.75 Å². The van der Waals surface area contributed by atoms with Crippen LogP contribution < -0.4 is 21.4 Å². The zero-order valence-electron chi connectivity index (χ0n) is 14.9. The number of carbonyl (C=O) groups is 2. The summed E-state index contributed by atoms with van der Waals surface area (Å²) in [6, 6.07) is 7.98. The molecule has 2 aromatic heterocycles. The van der Waals surface area contributed by atoms with Crippen molar-refractivity contribution in [1.82, 2.24) is 0 Å². The Balaban J connectivity index is 1.47. The Morgan fingerprint density at radius 1 is 1.18 bits per heavy atom. The summed E-state index contributed by atoms with van der Waals surface area (Å²) in [7, 11) is 0. The van der Waals surface area contributed by atoms with Crippen LogP contribution in [0, 0.1) is 0 Å². The normalized spacial score (nSPS) is 13.1. The van der Waals surface area contributed by atoms with Crippen LogP contribution in [0.3, 0.4) is 0 Å². The number of thiophene rings is 1. The number of aryl methyl sites for hydroxylation is 1. The summed E-state index contributed by atoms with van der Waals surface area (Å²) in [6.07, 6.45) is 3.78. The largest absolute Gasteiger partial charge is 0.484 e. The van der Waals surface area contributed by atoms with E-state index in [4.69, 9.17) is 14.9 Å². The number of fused-ring (bicyclic) bond motifs is 2. The molecule has 0 saturated heterocycles. The van der Waals surface area contributed by atoms with Crippen LogP contribution in [0.25, 0.3) is 11.0 Å². The SMILES string of the molecule is NC(=O)c1c(NC(=O)COc2ccc3ccc(=O)oc3c2)sc2c1CCCC2. The molecule has 0 radical (unpaired) electrons. The zero-order chi connectivity index (χ0) is 19.7. The third-order valence-electron chi connectivity index (χ3n) is 4.64. The lowest BCUT2D eigenvalue weighted by atomic mass is 9.95. The lowest BCUT2D eigenvalue weighted by molar-refractivity contribution is -0.118. The van der Waals surface area contributed by atoms with Crippen molar-refractivity contribution in [2.24, 2.45) is 5.73 Å². The van der Waals surface area contributed by atoms with E-state index in [2.05, 4.69) is 5.32 Å². The molecule has 0 aliphatic heterocycles. The average Bonchev–Trinajstić information content (AvgIpc) is 3.03. The van der Waals surface area contributed by atoms with Crippen LogP contribution in [-0.2, 0) is 17.6 Å². The number of benzene rings is 1. The maximum atomic E-state index is 12.3. The first-order valence-corrected chi connectivity index (χ1v) is 9.74. The highest BCUT2D eigenvalue weighted by atomic mass is 32.1. The predicted molar refractivity (Wildman–Crippen MR) is 106 cm³/mol. The van der Waals surface area contributed by atoms with Crippen LogP contribution in [-0.4, -0.2) is 18.4 Å². The Kier molecular flexibility index (Phi) is 4.87. The number of amides is 2. The average molecular weight is 398 g/mol. The smallest absolute Gasteiger partial charge is 0.336 e. The first-order valence-electron chi connectivity index (χ1n) is 8.92. The van der Waals surface area contributed by atoms with Gasteiger partial charge in [0.15, 0.2) is 6.61 Å². The number of nitrogens with one attached hydrogen (secondary N) is 1. The molecule has 3 N–H and O–H groups in total. The Bertz CT molecular complexity index is 1130. The molecule has 4 rings (SSSR count). The van der Waals surface area contributed by atoms with Crippen LogP contribution in [0.15, 0.2) is 39.5 Å². The molecule has 2 heterocycles. The lowest BCUT2D eigenvalue weighted by Crippen LogP contribution is -2.22. The van der Waals surface area contributed by atoms with E-state index in [1.165, 1.54) is 17.4 Å². The van der Waals surface area contributed by atoms with Crippen molar-refractivity contribution in [3.63, 3.8) is 0 Å². The van der Waals surface area contributed by atoms with E-state index in [9.17, 15) is 14.4 Å². The zero-order valence-corrected chi connectivity index (χ0v) is 15.8. The Hall–Kier alpha value is -3.13. The van der Waals surface area contributed by atoms with Crippen LogP contribution in [0.2, 0.25) is 0 Å². The molecule has 8 heteroatoms. The van der Waals surface area contributed by atoms with Crippen molar-refractivity contribution in [3.05, 3.63) is 56.8 Å². The highest BCUT2D eigenvalue weighted by Crippen LogP contribution is 2.37. The number of ether oxygens (including phenoxy) is 1. The number of primary amides is 1. The molecular formula is C20H18N2O5S. The standard InChI is InChI=1S/C20H18N2O5S/c21-19(25)18-13-3-1-2-4-15(13)28-20(18)22-16(23)10-26-12-7-5-11-6-8-17(24)27-14(11)9-12/h5-9H,1-4,10H2,(H2,21,25)(H,22,23). The van der Waals surface area contributed by atoms with Crippen LogP contribution in [0.1, 0.15) is 33.6 Å². The Morgan fingerprint density at radius 2 is 1.96 bits per heavy atom. The second-order valence-electron chi connectivity index (χ2n) is 6.57. The van der Waals surface area contributed by atoms with Crippen LogP contribution in [0.4, 0.5) is 5.00 Å². The van der Waals surface area contributed by atoms with Gasteiger partial charge in [0.2, 0.25) is 0 Å². The maximum Gasteiger partial charge on any atom is 0.336 e. The van der Waals surface area contributed by atoms with E-state index < -0.39 is 17.4 Å². The second kappa shape index (κ2) is 7.47. The van der Waals surface area contributed by atoms with Gasteiger partial charge in [-0.2, -0.15) is 0 Å². The van der Waals surface area contributed by atoms with E-state index >= 15 is 0 Å². The molecule has 3 aromatic rings. The minimum atomic E-state index is -0.528. The van der Waals surface area contributed by atoms with Gasteiger partial charge in [0.05, 0.1) is 5.56 Å². The summed E-state index contributed by atoms with van der Waals surface area (Å²) in [5.41, 5.74) is 6.84. The van der Waals surface area contributed by atoms with E-state index in [1.807, 2.05) is 0 Å². The summed E-state index contributed by atoms with van der Waals surface area (Å²) in [6.45, 7) is -0.247. The highest BCUT2D eigenvalue weighted by molar-refractivity contribution is 7.17. The topological polar surface area (TPSA) is 112 Å². The molecule has 0 bridgehead atoms. The molecule has 2 amide bonds. The van der Waals surface area contributed by atoms with Gasteiger partial charge in [0.1, 0.15) is 16.3 Å². The maximum absolute atomic E-state index is 12.3. The third kappa shape index (κ3) is 3.63. The van der Waals surface area contributed by atoms with Crippen molar-refractivity contribution in [1.29, 1.82) is 0 Å². The van der Waals surface area contributed by atoms with E-state index in [1.54, 1.807) is 24.3 Å². The highest BCUT2D eigenvalue weighted by Gasteiger charge is 2.25. The molecule has 7 nitrogen and oxygen atoms in total. The molecule has 28 heavy (non-hydrogen) atoms. The molecule has 0 saturated carbocycles. The quantitative estimate of drug-likeness (QED) is 0.642. The fraction of sp³-hybridized carbons (Fsp3) is 0.250. The van der Waals surface area contributed by atoms with E-state index in [0.29, 0.717) is 21.9 Å². The monoisotopic (exact) mass is 398 g/mol. The van der Waals surface area contributed by atoms with Crippen LogP contribution >= 0.6 is 11.3 Å². The summed E-state index contributed by atoms with van der Waals surface area (Å²) in [5.74, 6) is -0.520. The minimum Gasteiger partial charge on any atom is -0.484 e. The van der Waals surface area contributed by atoms with E-state index in [0.717, 1.165) is 41.5 Å². The first-order chi connectivity index (χ1) is 13.5. The van der Waals surface area contributed by atoms with Gasteiger partial charge in [-0.15, -0.1) is 11.3 Å². The van der Waals surface area contributed by atoms with Gasteiger partial charge in [0.25, 0.3) is 11.8 Å². The molecule has 0 spiro atoms. The third-order valence-corrected chi connectivity index (χ3v) is 5.84. The number of anilines is 1. The summed E-state index contributed by atoms with van der Waals surface area (Å²) >= 11 is 1.41. The molecule has 0 atom stereocenters. The number of hydrogen-bond donors (Lipinski definition) is 2. The van der Waals surface area contributed by atoms with Gasteiger partial charge >= 0.3 is 5.63 Å². The van der Waals surface area contributed by atoms with Gasteiger partial charge in [-0.05, 0) is 49.4 Å².